The summed E-state index contributed by atoms with van der Waals surface area (Å²) in [5.74, 6) is 0.420. The number of piperidine rings is 1. The molecular weight excluding hydrogens is 306 g/mol. The zero-order chi connectivity index (χ0) is 17.1. The Morgan fingerprint density at radius 3 is 2.67 bits per heavy atom. The Labute approximate surface area is 141 Å². The van der Waals surface area contributed by atoms with Gasteiger partial charge in [-0.15, -0.1) is 0 Å². The van der Waals surface area contributed by atoms with E-state index in [-0.39, 0.29) is 5.82 Å². The van der Waals surface area contributed by atoms with Crippen LogP contribution in [0.4, 0.5) is 17.3 Å². The first-order chi connectivity index (χ1) is 11.6. The van der Waals surface area contributed by atoms with Crippen LogP contribution in [0.15, 0.2) is 30.6 Å². The highest BCUT2D eigenvalue weighted by Gasteiger charge is 2.24. The molecule has 0 saturated carbocycles. The SMILES string of the molecule is CN(Cc1ccccc1N1CCCCC1)c1c([N+](=O)[O-])ncn1C. The Balaban J connectivity index is 1.86. The summed E-state index contributed by atoms with van der Waals surface area (Å²) in [5.41, 5.74) is 2.41. The predicted molar refractivity (Wildman–Crippen MR) is 94.5 cm³/mol. The first-order valence-corrected chi connectivity index (χ1v) is 8.27. The molecule has 24 heavy (non-hydrogen) atoms. The lowest BCUT2D eigenvalue weighted by Crippen LogP contribution is -2.31. The number of nitro groups is 1. The van der Waals surface area contributed by atoms with Gasteiger partial charge in [-0.25, -0.2) is 0 Å². The second kappa shape index (κ2) is 6.90. The summed E-state index contributed by atoms with van der Waals surface area (Å²) in [5, 5.41) is 11.2. The minimum atomic E-state index is -0.428. The Morgan fingerprint density at radius 2 is 1.96 bits per heavy atom. The van der Waals surface area contributed by atoms with Gasteiger partial charge in [0.1, 0.15) is 0 Å². The van der Waals surface area contributed by atoms with Crippen LogP contribution in [0.25, 0.3) is 0 Å². The van der Waals surface area contributed by atoms with E-state index in [0.29, 0.717) is 12.4 Å². The number of aryl methyl sites for hydroxylation is 1. The molecule has 1 fully saturated rings. The molecule has 3 rings (SSSR count). The fourth-order valence-electron chi connectivity index (χ4n) is 3.40. The molecule has 0 bridgehead atoms. The second-order valence-electron chi connectivity index (χ2n) is 6.29. The fraction of sp³-hybridized carbons (Fsp3) is 0.471. The van der Waals surface area contributed by atoms with E-state index in [4.69, 9.17) is 0 Å². The van der Waals surface area contributed by atoms with Gasteiger partial charge in [-0.2, -0.15) is 0 Å². The van der Waals surface area contributed by atoms with Gasteiger partial charge in [0, 0.05) is 39.4 Å². The summed E-state index contributed by atoms with van der Waals surface area (Å²) in [6, 6.07) is 8.32. The number of para-hydroxylation sites is 1. The van der Waals surface area contributed by atoms with Gasteiger partial charge in [-0.05, 0) is 40.8 Å². The number of rotatable bonds is 5. The minimum Gasteiger partial charge on any atom is -0.371 e. The van der Waals surface area contributed by atoms with E-state index in [1.165, 1.54) is 36.8 Å². The molecule has 0 unspecified atom stereocenters. The smallest absolute Gasteiger partial charge is 0.371 e. The van der Waals surface area contributed by atoms with Crippen LogP contribution in [0.5, 0.6) is 0 Å². The van der Waals surface area contributed by atoms with Crippen molar-refractivity contribution in [1.29, 1.82) is 0 Å². The quantitative estimate of drug-likeness (QED) is 0.623. The van der Waals surface area contributed by atoms with Crippen molar-refractivity contribution >= 4 is 17.3 Å². The Hall–Kier alpha value is -2.57. The first-order valence-electron chi connectivity index (χ1n) is 8.27. The molecule has 2 heterocycles. The number of benzene rings is 1. The lowest BCUT2D eigenvalue weighted by Gasteiger charge is -2.31. The molecular formula is C17H23N5O2. The van der Waals surface area contributed by atoms with E-state index in [0.717, 1.165) is 13.1 Å². The second-order valence-corrected chi connectivity index (χ2v) is 6.29. The zero-order valence-corrected chi connectivity index (χ0v) is 14.2. The lowest BCUT2D eigenvalue weighted by molar-refractivity contribution is -0.388. The molecule has 0 amide bonds. The van der Waals surface area contributed by atoms with Gasteiger partial charge in [0.05, 0.1) is 0 Å². The van der Waals surface area contributed by atoms with Crippen molar-refractivity contribution in [3.05, 3.63) is 46.3 Å². The monoisotopic (exact) mass is 329 g/mol. The van der Waals surface area contributed by atoms with E-state index >= 15 is 0 Å². The Morgan fingerprint density at radius 1 is 1.25 bits per heavy atom. The first kappa shape index (κ1) is 16.3. The van der Waals surface area contributed by atoms with E-state index in [1.807, 2.05) is 18.0 Å². The van der Waals surface area contributed by atoms with E-state index in [9.17, 15) is 10.1 Å². The highest BCUT2D eigenvalue weighted by molar-refractivity contribution is 5.58. The van der Waals surface area contributed by atoms with Crippen LogP contribution in [0.1, 0.15) is 24.8 Å². The van der Waals surface area contributed by atoms with Gasteiger partial charge in [0.2, 0.25) is 12.1 Å². The van der Waals surface area contributed by atoms with Crippen molar-refractivity contribution in [3.8, 4) is 0 Å². The van der Waals surface area contributed by atoms with Crippen molar-refractivity contribution in [2.24, 2.45) is 7.05 Å². The standard InChI is InChI=1S/C17H23N5O2/c1-19(17-16(22(23)24)18-13-20(17)2)12-14-8-4-5-9-15(14)21-10-6-3-7-11-21/h4-5,8-9,13H,3,6-7,10-12H2,1-2H3. The highest BCUT2D eigenvalue weighted by Crippen LogP contribution is 2.29. The van der Waals surface area contributed by atoms with Crippen LogP contribution in [0.2, 0.25) is 0 Å². The molecule has 1 aliphatic heterocycles. The molecule has 0 aliphatic carbocycles. The maximum absolute atomic E-state index is 11.2. The van der Waals surface area contributed by atoms with Crippen molar-refractivity contribution in [1.82, 2.24) is 9.55 Å². The van der Waals surface area contributed by atoms with E-state index in [2.05, 4.69) is 28.1 Å². The molecule has 2 aromatic rings. The number of imidazole rings is 1. The Bertz CT molecular complexity index is 722. The minimum absolute atomic E-state index is 0.101. The molecule has 0 atom stereocenters. The highest BCUT2D eigenvalue weighted by atomic mass is 16.6. The molecule has 0 N–H and O–H groups in total. The number of nitrogens with zero attached hydrogens (tertiary/aromatic N) is 5. The molecule has 1 saturated heterocycles. The van der Waals surface area contributed by atoms with Gasteiger partial charge in [0.15, 0.2) is 0 Å². The van der Waals surface area contributed by atoms with Gasteiger partial charge in [-0.3, -0.25) is 4.57 Å². The van der Waals surface area contributed by atoms with Crippen molar-refractivity contribution in [2.75, 3.05) is 29.9 Å². The summed E-state index contributed by atoms with van der Waals surface area (Å²) in [6.45, 7) is 2.76. The topological polar surface area (TPSA) is 67.4 Å². The fourth-order valence-corrected chi connectivity index (χ4v) is 3.40. The lowest BCUT2D eigenvalue weighted by atomic mass is 10.1. The average Bonchev–Trinajstić information content (AvgIpc) is 2.98. The van der Waals surface area contributed by atoms with Gasteiger partial charge in [-0.1, -0.05) is 18.2 Å². The molecule has 7 heteroatoms. The molecule has 1 aliphatic rings. The summed E-state index contributed by atoms with van der Waals surface area (Å²) in [7, 11) is 3.65. The predicted octanol–water partition coefficient (Wildman–Crippen LogP) is 2.96. The summed E-state index contributed by atoms with van der Waals surface area (Å²) in [6.07, 6.45) is 5.22. The van der Waals surface area contributed by atoms with Crippen LogP contribution in [-0.4, -0.2) is 34.6 Å². The van der Waals surface area contributed by atoms with Crippen LogP contribution >= 0.6 is 0 Å². The molecule has 1 aromatic carbocycles. The van der Waals surface area contributed by atoms with E-state index in [1.54, 1.807) is 11.6 Å². The molecule has 1 aromatic heterocycles. The number of aromatic nitrogens is 2. The third-order valence-corrected chi connectivity index (χ3v) is 4.52. The zero-order valence-electron chi connectivity index (χ0n) is 14.2. The summed E-state index contributed by atoms with van der Waals surface area (Å²) < 4.78 is 1.70. The van der Waals surface area contributed by atoms with Gasteiger partial charge < -0.3 is 19.9 Å². The van der Waals surface area contributed by atoms with E-state index < -0.39 is 4.92 Å². The normalized spacial score (nSPS) is 14.7. The summed E-state index contributed by atoms with van der Waals surface area (Å²) in [4.78, 5) is 19.0. The van der Waals surface area contributed by atoms with Crippen LogP contribution in [-0.2, 0) is 13.6 Å². The van der Waals surface area contributed by atoms with Gasteiger partial charge in [0.25, 0.3) is 0 Å². The summed E-state index contributed by atoms with van der Waals surface area (Å²) >= 11 is 0. The maximum atomic E-state index is 11.2. The molecule has 0 radical (unpaired) electrons. The third-order valence-electron chi connectivity index (χ3n) is 4.52. The van der Waals surface area contributed by atoms with Crippen LogP contribution in [0.3, 0.4) is 0 Å². The maximum Gasteiger partial charge on any atom is 0.406 e. The van der Waals surface area contributed by atoms with Crippen LogP contribution in [0, 0.1) is 10.1 Å². The largest absolute Gasteiger partial charge is 0.406 e. The van der Waals surface area contributed by atoms with Crippen LogP contribution < -0.4 is 9.80 Å². The molecule has 7 nitrogen and oxygen atoms in total. The van der Waals surface area contributed by atoms with Crippen molar-refractivity contribution in [2.45, 2.75) is 25.8 Å². The number of hydrogen-bond acceptors (Lipinski definition) is 5. The average molecular weight is 329 g/mol. The third kappa shape index (κ3) is 3.20. The van der Waals surface area contributed by atoms with Crippen molar-refractivity contribution in [3.63, 3.8) is 0 Å². The van der Waals surface area contributed by atoms with Crippen molar-refractivity contribution < 1.29 is 4.92 Å². The molecule has 0 spiro atoms. The molecule has 128 valence electrons. The number of anilines is 2. The number of hydrogen-bond donors (Lipinski definition) is 0. The Kier molecular flexibility index (Phi) is 4.69. The van der Waals surface area contributed by atoms with Gasteiger partial charge >= 0.3 is 5.82 Å².